The summed E-state index contributed by atoms with van der Waals surface area (Å²) in [6, 6.07) is 0. The maximum absolute atomic E-state index is 12.0. The standard InChI is InChI=1S/C17H26O2/c18-11-3-1-10-2-4-12-13-7-8-17(19)15(13)6-5-14(12)16(10)9-11/h10-16,18H,1-9H2/t10-,11-,12+,13-,14+,15+,16+/m1/s1. The van der Waals surface area contributed by atoms with E-state index in [1.54, 1.807) is 0 Å². The fraction of sp³-hybridized carbons (Fsp3) is 0.941. The molecule has 2 heteroatoms. The van der Waals surface area contributed by atoms with Gasteiger partial charge in [-0.15, -0.1) is 0 Å². The van der Waals surface area contributed by atoms with Crippen LogP contribution < -0.4 is 0 Å². The van der Waals surface area contributed by atoms with E-state index in [0.717, 1.165) is 49.4 Å². The molecule has 106 valence electrons. The lowest BCUT2D eigenvalue weighted by molar-refractivity contribution is -0.124. The number of rotatable bonds is 0. The van der Waals surface area contributed by atoms with Crippen molar-refractivity contribution in [1.29, 1.82) is 0 Å². The van der Waals surface area contributed by atoms with Crippen LogP contribution in [0.25, 0.3) is 0 Å². The Bertz CT molecular complexity index is 377. The fourth-order valence-corrected chi connectivity index (χ4v) is 6.22. The molecule has 0 amide bonds. The van der Waals surface area contributed by atoms with E-state index in [1.807, 2.05) is 0 Å². The summed E-state index contributed by atoms with van der Waals surface area (Å²) in [5, 5.41) is 10.0. The first kappa shape index (κ1) is 12.4. The number of fused-ring (bicyclic) bond motifs is 5. The van der Waals surface area contributed by atoms with E-state index in [9.17, 15) is 9.90 Å². The van der Waals surface area contributed by atoms with Crippen LogP contribution in [0.15, 0.2) is 0 Å². The van der Waals surface area contributed by atoms with E-state index in [-0.39, 0.29) is 6.10 Å². The minimum absolute atomic E-state index is 0.0390. The molecule has 0 saturated heterocycles. The number of ketones is 1. The van der Waals surface area contributed by atoms with E-state index in [1.165, 1.54) is 32.1 Å². The zero-order valence-electron chi connectivity index (χ0n) is 11.8. The Hall–Kier alpha value is -0.370. The topological polar surface area (TPSA) is 37.3 Å². The molecule has 0 aromatic rings. The molecule has 0 unspecified atom stereocenters. The van der Waals surface area contributed by atoms with Gasteiger partial charge in [0.15, 0.2) is 0 Å². The molecule has 0 aliphatic heterocycles. The Morgan fingerprint density at radius 3 is 2.42 bits per heavy atom. The molecule has 0 aromatic carbocycles. The molecule has 0 spiro atoms. The monoisotopic (exact) mass is 262 g/mol. The van der Waals surface area contributed by atoms with Gasteiger partial charge in [-0.2, -0.15) is 0 Å². The molecule has 2 nitrogen and oxygen atoms in total. The Morgan fingerprint density at radius 1 is 0.789 bits per heavy atom. The molecule has 0 heterocycles. The highest BCUT2D eigenvalue weighted by atomic mass is 16.3. The first-order valence-corrected chi connectivity index (χ1v) is 8.45. The zero-order chi connectivity index (χ0) is 13.0. The van der Waals surface area contributed by atoms with Crippen molar-refractivity contribution in [1.82, 2.24) is 0 Å². The van der Waals surface area contributed by atoms with Crippen molar-refractivity contribution >= 4 is 5.78 Å². The molecule has 4 rings (SSSR count). The summed E-state index contributed by atoms with van der Waals surface area (Å²) in [7, 11) is 0. The number of hydrogen-bond acceptors (Lipinski definition) is 2. The van der Waals surface area contributed by atoms with E-state index < -0.39 is 0 Å². The van der Waals surface area contributed by atoms with Gasteiger partial charge >= 0.3 is 0 Å². The third-order valence-corrected chi connectivity index (χ3v) is 7.01. The number of aliphatic hydroxyl groups excluding tert-OH is 1. The van der Waals surface area contributed by atoms with Crippen molar-refractivity contribution < 1.29 is 9.90 Å². The second-order valence-corrected chi connectivity index (χ2v) is 7.65. The van der Waals surface area contributed by atoms with Crippen LogP contribution in [0.4, 0.5) is 0 Å². The van der Waals surface area contributed by atoms with Crippen molar-refractivity contribution in [2.24, 2.45) is 35.5 Å². The number of carbonyl (C=O) groups is 1. The van der Waals surface area contributed by atoms with Gasteiger partial charge in [-0.05, 0) is 81.0 Å². The van der Waals surface area contributed by atoms with Crippen LogP contribution in [-0.4, -0.2) is 17.0 Å². The normalized spacial score (nSPS) is 53.3. The highest BCUT2D eigenvalue weighted by Gasteiger charge is 2.51. The lowest BCUT2D eigenvalue weighted by atomic mass is 9.53. The second-order valence-electron chi connectivity index (χ2n) is 7.65. The van der Waals surface area contributed by atoms with Gasteiger partial charge in [0.25, 0.3) is 0 Å². The van der Waals surface area contributed by atoms with Gasteiger partial charge in [-0.25, -0.2) is 0 Å². The van der Waals surface area contributed by atoms with Crippen molar-refractivity contribution in [3.05, 3.63) is 0 Å². The number of hydrogen-bond donors (Lipinski definition) is 1. The van der Waals surface area contributed by atoms with Crippen LogP contribution in [0.1, 0.15) is 57.8 Å². The first-order chi connectivity index (χ1) is 9.24. The molecule has 0 radical (unpaired) electrons. The van der Waals surface area contributed by atoms with Gasteiger partial charge < -0.3 is 5.11 Å². The predicted molar refractivity (Wildman–Crippen MR) is 73.5 cm³/mol. The van der Waals surface area contributed by atoms with Crippen LogP contribution in [0.5, 0.6) is 0 Å². The van der Waals surface area contributed by atoms with Gasteiger partial charge in [0.1, 0.15) is 5.78 Å². The summed E-state index contributed by atoms with van der Waals surface area (Å²) in [5.41, 5.74) is 0. The molecule has 4 fully saturated rings. The number of aliphatic hydroxyl groups is 1. The fourth-order valence-electron chi connectivity index (χ4n) is 6.22. The molecular weight excluding hydrogens is 236 g/mol. The largest absolute Gasteiger partial charge is 0.393 e. The first-order valence-electron chi connectivity index (χ1n) is 8.45. The molecule has 1 N–H and O–H groups in total. The zero-order valence-corrected chi connectivity index (χ0v) is 11.8. The van der Waals surface area contributed by atoms with Crippen molar-refractivity contribution in [3.63, 3.8) is 0 Å². The average Bonchev–Trinajstić information content (AvgIpc) is 2.80. The van der Waals surface area contributed by atoms with Gasteiger partial charge in [0.2, 0.25) is 0 Å². The van der Waals surface area contributed by atoms with Crippen LogP contribution in [-0.2, 0) is 4.79 Å². The van der Waals surface area contributed by atoms with Crippen molar-refractivity contribution in [2.75, 3.05) is 0 Å². The van der Waals surface area contributed by atoms with E-state index in [4.69, 9.17) is 0 Å². The van der Waals surface area contributed by atoms with Crippen LogP contribution >= 0.6 is 0 Å². The number of Topliss-reactive ketones (excluding diaryl/α,β-unsaturated/α-hetero) is 1. The molecule has 4 aliphatic rings. The quantitative estimate of drug-likeness (QED) is 0.728. The lowest BCUT2D eigenvalue weighted by Gasteiger charge is -2.52. The van der Waals surface area contributed by atoms with Crippen LogP contribution in [0, 0.1) is 35.5 Å². The Morgan fingerprint density at radius 2 is 1.53 bits per heavy atom. The highest BCUT2D eigenvalue weighted by Crippen LogP contribution is 2.57. The third kappa shape index (κ3) is 1.90. The van der Waals surface area contributed by atoms with Gasteiger partial charge in [0, 0.05) is 12.3 Å². The summed E-state index contributed by atoms with van der Waals surface area (Å²) < 4.78 is 0. The summed E-state index contributed by atoms with van der Waals surface area (Å²) in [6.45, 7) is 0. The van der Waals surface area contributed by atoms with E-state index in [0.29, 0.717) is 17.6 Å². The summed E-state index contributed by atoms with van der Waals surface area (Å²) in [6.07, 6.45) is 10.5. The van der Waals surface area contributed by atoms with Crippen LogP contribution in [0.3, 0.4) is 0 Å². The van der Waals surface area contributed by atoms with E-state index >= 15 is 0 Å². The van der Waals surface area contributed by atoms with Crippen molar-refractivity contribution in [2.45, 2.75) is 63.9 Å². The maximum Gasteiger partial charge on any atom is 0.136 e. The average molecular weight is 262 g/mol. The summed E-state index contributed by atoms with van der Waals surface area (Å²) in [5.74, 6) is 5.02. The predicted octanol–water partition coefficient (Wildman–Crippen LogP) is 3.18. The molecule has 0 bridgehead atoms. The van der Waals surface area contributed by atoms with Gasteiger partial charge in [0.05, 0.1) is 6.10 Å². The highest BCUT2D eigenvalue weighted by molar-refractivity contribution is 5.83. The van der Waals surface area contributed by atoms with Gasteiger partial charge in [-0.3, -0.25) is 4.79 Å². The minimum Gasteiger partial charge on any atom is -0.393 e. The second kappa shape index (κ2) is 4.58. The molecular formula is C17H26O2. The Balaban J connectivity index is 1.56. The SMILES string of the molecule is O=C1CC[C@@H]2[C@@H]3CC[C@H]4CC[C@@H](O)C[C@@H]4[C@H]3CC[C@H]12. The van der Waals surface area contributed by atoms with Crippen LogP contribution in [0.2, 0.25) is 0 Å². The van der Waals surface area contributed by atoms with E-state index in [2.05, 4.69) is 0 Å². The smallest absolute Gasteiger partial charge is 0.136 e. The summed E-state index contributed by atoms with van der Waals surface area (Å²) >= 11 is 0. The third-order valence-electron chi connectivity index (χ3n) is 7.01. The minimum atomic E-state index is -0.0390. The molecule has 19 heavy (non-hydrogen) atoms. The maximum atomic E-state index is 12.0. The molecule has 7 atom stereocenters. The number of carbonyl (C=O) groups excluding carboxylic acids is 1. The van der Waals surface area contributed by atoms with Crippen molar-refractivity contribution in [3.8, 4) is 0 Å². The Kier molecular flexibility index (Phi) is 2.98. The lowest BCUT2D eigenvalue weighted by Crippen LogP contribution is -2.46. The Labute approximate surface area is 116 Å². The molecule has 0 aromatic heterocycles. The molecule has 4 aliphatic carbocycles. The van der Waals surface area contributed by atoms with Gasteiger partial charge in [-0.1, -0.05) is 0 Å². The molecule has 4 saturated carbocycles. The summed E-state index contributed by atoms with van der Waals surface area (Å²) in [4.78, 5) is 12.0.